The lowest BCUT2D eigenvalue weighted by Crippen LogP contribution is -2.49. The molecule has 0 spiro atoms. The number of carbonyl (C=O) groups excluding carboxylic acids is 2. The molecule has 20 heavy (non-hydrogen) atoms. The Morgan fingerprint density at radius 2 is 2.10 bits per heavy atom. The van der Waals surface area contributed by atoms with E-state index in [2.05, 4.69) is 26.2 Å². The van der Waals surface area contributed by atoms with E-state index in [0.717, 1.165) is 26.8 Å². The Labute approximate surface area is 124 Å². The number of amides is 3. The number of aryl methyl sites for hydroxylation is 1. The molecule has 0 atom stereocenters. The van der Waals surface area contributed by atoms with Crippen LogP contribution in [0.5, 0.6) is 0 Å². The van der Waals surface area contributed by atoms with E-state index in [1.807, 2.05) is 31.2 Å². The number of halogens is 1. The van der Waals surface area contributed by atoms with Crippen LogP contribution in [0.4, 0.5) is 10.5 Å². The summed E-state index contributed by atoms with van der Waals surface area (Å²) in [6.45, 7) is 2.24. The van der Waals surface area contributed by atoms with Crippen LogP contribution in [0.1, 0.15) is 12.1 Å². The molecule has 2 aromatic rings. The van der Waals surface area contributed by atoms with Crippen LogP contribution in [0.25, 0.3) is 10.9 Å². The number of imide groups is 1. The molecule has 1 aliphatic heterocycles. The summed E-state index contributed by atoms with van der Waals surface area (Å²) in [5.74, 6) is -0.236. The van der Waals surface area contributed by atoms with Gasteiger partial charge in [0.15, 0.2) is 0 Å². The predicted octanol–water partition coefficient (Wildman–Crippen LogP) is 2.75. The fourth-order valence-corrected chi connectivity index (χ4v) is 2.68. The van der Waals surface area contributed by atoms with E-state index in [0.29, 0.717) is 13.0 Å². The maximum Gasteiger partial charge on any atom is 0.328 e. The monoisotopic (exact) mass is 333 g/mol. The number of nitrogens with zero attached hydrogens (tertiary/aromatic N) is 2. The highest BCUT2D eigenvalue weighted by Crippen LogP contribution is 2.27. The molecule has 1 N–H and O–H groups in total. The fraction of sp³-hybridized carbons (Fsp3) is 0.214. The second-order valence-corrected chi connectivity index (χ2v) is 5.60. The van der Waals surface area contributed by atoms with Crippen LogP contribution in [0.2, 0.25) is 0 Å². The number of hydrogen-bond acceptors (Lipinski definition) is 3. The Morgan fingerprint density at radius 1 is 1.30 bits per heavy atom. The van der Waals surface area contributed by atoms with Crippen molar-refractivity contribution in [2.45, 2.75) is 13.3 Å². The van der Waals surface area contributed by atoms with Crippen molar-refractivity contribution in [3.05, 3.63) is 34.4 Å². The van der Waals surface area contributed by atoms with Gasteiger partial charge in [-0.2, -0.15) is 0 Å². The third-order valence-electron chi connectivity index (χ3n) is 3.29. The summed E-state index contributed by atoms with van der Waals surface area (Å²) in [6, 6.07) is 7.35. The molecule has 0 radical (unpaired) electrons. The third kappa shape index (κ3) is 2.27. The molecule has 3 amide bonds. The number of hydrogen-bond donors (Lipinski definition) is 1. The van der Waals surface area contributed by atoms with Gasteiger partial charge in [-0.15, -0.1) is 0 Å². The van der Waals surface area contributed by atoms with Crippen LogP contribution >= 0.6 is 15.9 Å². The maximum absolute atomic E-state index is 11.9. The molecule has 1 aliphatic rings. The maximum atomic E-state index is 11.9. The first kappa shape index (κ1) is 13.1. The Bertz CT molecular complexity index is 730. The van der Waals surface area contributed by atoms with E-state index >= 15 is 0 Å². The Hall–Kier alpha value is -1.95. The highest BCUT2D eigenvalue weighted by atomic mass is 79.9. The molecule has 1 saturated heterocycles. The van der Waals surface area contributed by atoms with Gasteiger partial charge in [0, 0.05) is 22.8 Å². The van der Waals surface area contributed by atoms with E-state index in [1.54, 1.807) is 4.90 Å². The molecule has 0 unspecified atom stereocenters. The minimum absolute atomic E-state index is 0.236. The van der Waals surface area contributed by atoms with Gasteiger partial charge in [-0.3, -0.25) is 20.0 Å². The second kappa shape index (κ2) is 4.86. The number of fused-ring (bicyclic) bond motifs is 1. The Balaban J connectivity index is 2.08. The van der Waals surface area contributed by atoms with Gasteiger partial charge in [0.25, 0.3) is 0 Å². The average molecular weight is 334 g/mol. The number of aromatic nitrogens is 1. The lowest BCUT2D eigenvalue weighted by molar-refractivity contribution is -0.120. The van der Waals surface area contributed by atoms with Gasteiger partial charge in [-0.1, -0.05) is 15.9 Å². The summed E-state index contributed by atoms with van der Waals surface area (Å²) in [5.41, 5.74) is 2.38. The van der Waals surface area contributed by atoms with Crippen molar-refractivity contribution >= 4 is 44.5 Å². The van der Waals surface area contributed by atoms with E-state index in [1.165, 1.54) is 0 Å². The van der Waals surface area contributed by atoms with Gasteiger partial charge in [-0.25, -0.2) is 4.79 Å². The lowest BCUT2D eigenvalue weighted by Gasteiger charge is -2.27. The van der Waals surface area contributed by atoms with Crippen molar-refractivity contribution in [1.29, 1.82) is 0 Å². The first-order chi connectivity index (χ1) is 9.54. The topological polar surface area (TPSA) is 62.3 Å². The molecule has 3 rings (SSSR count). The predicted molar refractivity (Wildman–Crippen MR) is 79.7 cm³/mol. The van der Waals surface area contributed by atoms with Crippen molar-refractivity contribution in [2.24, 2.45) is 0 Å². The standard InChI is InChI=1S/C14H12BrN3O2/c1-8-12(18-5-4-13(19)17-14(18)20)7-9-6-10(15)2-3-11(9)16-8/h2-3,6-7H,4-5H2,1H3,(H,17,19,20). The van der Waals surface area contributed by atoms with Crippen molar-refractivity contribution in [3.63, 3.8) is 0 Å². The molecule has 1 aromatic heterocycles. The van der Waals surface area contributed by atoms with Gasteiger partial charge in [0.2, 0.25) is 5.91 Å². The fourth-order valence-electron chi connectivity index (χ4n) is 2.30. The third-order valence-corrected chi connectivity index (χ3v) is 3.78. The molecule has 2 heterocycles. The second-order valence-electron chi connectivity index (χ2n) is 4.68. The summed E-state index contributed by atoms with van der Waals surface area (Å²) in [5, 5.41) is 3.27. The molecular formula is C14H12BrN3O2. The summed E-state index contributed by atoms with van der Waals surface area (Å²) < 4.78 is 0.958. The van der Waals surface area contributed by atoms with Gasteiger partial charge in [0.1, 0.15) is 0 Å². The van der Waals surface area contributed by atoms with Crippen LogP contribution in [-0.4, -0.2) is 23.5 Å². The smallest absolute Gasteiger partial charge is 0.292 e. The summed E-state index contributed by atoms with van der Waals surface area (Å²) in [7, 11) is 0. The van der Waals surface area contributed by atoms with Crippen LogP contribution < -0.4 is 10.2 Å². The first-order valence-electron chi connectivity index (χ1n) is 6.23. The number of urea groups is 1. The van der Waals surface area contributed by atoms with E-state index in [9.17, 15) is 9.59 Å². The summed E-state index contributed by atoms with van der Waals surface area (Å²) >= 11 is 3.43. The molecule has 0 saturated carbocycles. The molecule has 1 fully saturated rings. The first-order valence-corrected chi connectivity index (χ1v) is 7.02. The number of anilines is 1. The number of carbonyl (C=O) groups is 2. The van der Waals surface area contributed by atoms with Gasteiger partial charge >= 0.3 is 6.03 Å². The van der Waals surface area contributed by atoms with Crippen LogP contribution in [-0.2, 0) is 4.79 Å². The van der Waals surface area contributed by atoms with Crippen LogP contribution in [0.15, 0.2) is 28.7 Å². The zero-order chi connectivity index (χ0) is 14.3. The molecular weight excluding hydrogens is 322 g/mol. The zero-order valence-electron chi connectivity index (χ0n) is 10.8. The van der Waals surface area contributed by atoms with Crippen molar-refractivity contribution < 1.29 is 9.59 Å². The number of rotatable bonds is 1. The van der Waals surface area contributed by atoms with Crippen molar-refractivity contribution in [2.75, 3.05) is 11.4 Å². The molecule has 0 bridgehead atoms. The van der Waals surface area contributed by atoms with Crippen molar-refractivity contribution in [3.8, 4) is 0 Å². The van der Waals surface area contributed by atoms with Crippen LogP contribution in [0.3, 0.4) is 0 Å². The Morgan fingerprint density at radius 3 is 2.85 bits per heavy atom. The highest BCUT2D eigenvalue weighted by molar-refractivity contribution is 9.10. The zero-order valence-corrected chi connectivity index (χ0v) is 12.4. The van der Waals surface area contributed by atoms with Gasteiger partial charge in [-0.05, 0) is 31.2 Å². The van der Waals surface area contributed by atoms with Crippen LogP contribution in [0, 0.1) is 6.92 Å². The largest absolute Gasteiger partial charge is 0.328 e. The van der Waals surface area contributed by atoms with Gasteiger partial charge < -0.3 is 0 Å². The lowest BCUT2D eigenvalue weighted by atomic mass is 10.1. The normalized spacial score (nSPS) is 15.6. The van der Waals surface area contributed by atoms with Gasteiger partial charge in [0.05, 0.1) is 16.9 Å². The number of benzene rings is 1. The highest BCUT2D eigenvalue weighted by Gasteiger charge is 2.25. The number of pyridine rings is 1. The molecule has 5 nitrogen and oxygen atoms in total. The minimum atomic E-state index is -0.388. The van der Waals surface area contributed by atoms with E-state index in [-0.39, 0.29) is 11.9 Å². The quantitative estimate of drug-likeness (QED) is 0.872. The molecule has 6 heteroatoms. The Kier molecular flexibility index (Phi) is 3.17. The number of nitrogens with one attached hydrogen (secondary N) is 1. The van der Waals surface area contributed by atoms with Crippen molar-refractivity contribution in [1.82, 2.24) is 10.3 Å². The SMILES string of the molecule is Cc1nc2ccc(Br)cc2cc1N1CCC(=O)NC1=O. The van der Waals surface area contributed by atoms with E-state index in [4.69, 9.17) is 0 Å². The molecule has 102 valence electrons. The summed E-state index contributed by atoms with van der Waals surface area (Å²) in [4.78, 5) is 29.2. The average Bonchev–Trinajstić information content (AvgIpc) is 2.39. The van der Waals surface area contributed by atoms with E-state index < -0.39 is 0 Å². The summed E-state index contributed by atoms with van der Waals surface area (Å²) in [6.07, 6.45) is 0.307. The minimum Gasteiger partial charge on any atom is -0.292 e. The molecule has 0 aliphatic carbocycles. The molecule has 1 aromatic carbocycles.